The maximum Gasteiger partial charge on any atom is 0.134 e. The fourth-order valence-corrected chi connectivity index (χ4v) is 1.88. The molecule has 18 heavy (non-hydrogen) atoms. The molecule has 1 heteroatoms. The molecule has 0 amide bonds. The Morgan fingerprint density at radius 1 is 1.11 bits per heavy atom. The summed E-state index contributed by atoms with van der Waals surface area (Å²) in [5, 5.41) is 0. The van der Waals surface area contributed by atoms with Crippen LogP contribution in [0, 0.1) is 0 Å². The minimum Gasteiger partial charge on any atom is -0.490 e. The second-order valence-electron chi connectivity index (χ2n) is 4.39. The average Bonchev–Trinajstić information content (AvgIpc) is 2.39. The first kappa shape index (κ1) is 11.1. The zero-order chi connectivity index (χ0) is 13.8. The van der Waals surface area contributed by atoms with Crippen LogP contribution in [0.2, 0.25) is 0 Å². The molecule has 0 saturated carbocycles. The Bertz CT molecular complexity index is 573. The Morgan fingerprint density at radius 3 is 2.44 bits per heavy atom. The summed E-state index contributed by atoms with van der Waals surface area (Å²) in [5.74, 6) is 0.740. The summed E-state index contributed by atoms with van der Waals surface area (Å²) in [6.45, 7) is 7.68. The number of benzene rings is 2. The number of hydrogen-bond acceptors (Lipinski definition) is 1. The van der Waals surface area contributed by atoms with E-state index >= 15 is 0 Å². The SMILES string of the molecule is [2H]C(=C)c1cccc(-c2ccccc2)c1OC(C)C. The van der Waals surface area contributed by atoms with Crippen LogP contribution < -0.4 is 4.74 Å². The third-order valence-electron chi connectivity index (χ3n) is 2.64. The van der Waals surface area contributed by atoms with E-state index in [1.54, 1.807) is 0 Å². The van der Waals surface area contributed by atoms with Gasteiger partial charge in [-0.1, -0.05) is 61.2 Å². The molecular weight excluding hydrogens is 220 g/mol. The Balaban J connectivity index is 2.60. The van der Waals surface area contributed by atoms with E-state index in [0.29, 0.717) is 0 Å². The minimum absolute atomic E-state index is 0.0583. The number of ether oxygens (including phenoxy) is 1. The van der Waals surface area contributed by atoms with Crippen LogP contribution in [0.3, 0.4) is 0 Å². The largest absolute Gasteiger partial charge is 0.490 e. The Labute approximate surface area is 110 Å². The van der Waals surface area contributed by atoms with Gasteiger partial charge in [0, 0.05) is 11.1 Å². The highest BCUT2D eigenvalue weighted by Crippen LogP contribution is 2.34. The summed E-state index contributed by atoms with van der Waals surface area (Å²) < 4.78 is 13.7. The van der Waals surface area contributed by atoms with E-state index in [1.165, 1.54) is 0 Å². The van der Waals surface area contributed by atoms with E-state index in [0.717, 1.165) is 22.4 Å². The zero-order valence-corrected chi connectivity index (χ0v) is 10.8. The molecule has 0 spiro atoms. The summed E-state index contributed by atoms with van der Waals surface area (Å²) in [6, 6.07) is 16.2. The van der Waals surface area contributed by atoms with Gasteiger partial charge in [-0.05, 0) is 19.4 Å². The van der Waals surface area contributed by atoms with Crippen LogP contribution in [0.15, 0.2) is 55.1 Å². The maximum absolute atomic E-state index is 7.79. The molecule has 0 unspecified atom stereocenters. The molecule has 0 atom stereocenters. The Hall–Kier alpha value is -2.02. The highest BCUT2D eigenvalue weighted by Gasteiger charge is 2.10. The molecular formula is C17H18O. The van der Waals surface area contributed by atoms with Crippen LogP contribution >= 0.6 is 0 Å². The monoisotopic (exact) mass is 239 g/mol. The third kappa shape index (κ3) is 2.62. The summed E-state index contributed by atoms with van der Waals surface area (Å²) >= 11 is 0. The quantitative estimate of drug-likeness (QED) is 0.745. The zero-order valence-electron chi connectivity index (χ0n) is 11.8. The van der Waals surface area contributed by atoms with Crippen molar-refractivity contribution >= 4 is 6.05 Å². The van der Waals surface area contributed by atoms with Crippen LogP contribution in [0.4, 0.5) is 0 Å². The van der Waals surface area contributed by atoms with E-state index in [1.807, 2.05) is 62.4 Å². The van der Waals surface area contributed by atoms with Crippen LogP contribution in [0.1, 0.15) is 20.8 Å². The molecule has 0 aliphatic carbocycles. The summed E-state index contributed by atoms with van der Waals surface area (Å²) in [5.41, 5.74) is 2.83. The van der Waals surface area contributed by atoms with Crippen molar-refractivity contribution in [2.75, 3.05) is 0 Å². The van der Waals surface area contributed by atoms with Crippen LogP contribution in [0.5, 0.6) is 5.75 Å². The molecule has 0 aliphatic heterocycles. The molecule has 0 fully saturated rings. The lowest BCUT2D eigenvalue weighted by Crippen LogP contribution is -2.07. The van der Waals surface area contributed by atoms with Gasteiger partial charge in [0.2, 0.25) is 0 Å². The molecule has 0 radical (unpaired) electrons. The lowest BCUT2D eigenvalue weighted by atomic mass is 10.0. The molecule has 1 nitrogen and oxygen atoms in total. The van der Waals surface area contributed by atoms with Gasteiger partial charge in [0.25, 0.3) is 0 Å². The van der Waals surface area contributed by atoms with Crippen molar-refractivity contribution < 1.29 is 6.11 Å². The van der Waals surface area contributed by atoms with Gasteiger partial charge in [0.15, 0.2) is 0 Å². The smallest absolute Gasteiger partial charge is 0.134 e. The lowest BCUT2D eigenvalue weighted by molar-refractivity contribution is 0.243. The fraction of sp³-hybridized carbons (Fsp3) is 0.176. The van der Waals surface area contributed by atoms with Crippen LogP contribution in [-0.2, 0) is 0 Å². The van der Waals surface area contributed by atoms with E-state index in [-0.39, 0.29) is 12.2 Å². The first-order valence-corrected chi connectivity index (χ1v) is 6.10. The second kappa shape index (κ2) is 5.54. The van der Waals surface area contributed by atoms with Crippen LogP contribution in [0.25, 0.3) is 17.2 Å². The molecule has 0 saturated heterocycles. The standard InChI is InChI=1S/C17H18O/c1-4-14-11-8-12-16(17(14)18-13(2)3)15-9-6-5-7-10-15/h4-13H,1H2,2-3H3/i4D. The maximum atomic E-state index is 7.79. The van der Waals surface area contributed by atoms with Crippen molar-refractivity contribution in [3.05, 3.63) is 60.7 Å². The van der Waals surface area contributed by atoms with Crippen LogP contribution in [-0.4, -0.2) is 6.10 Å². The van der Waals surface area contributed by atoms with Gasteiger partial charge in [-0.25, -0.2) is 0 Å². The van der Waals surface area contributed by atoms with Crippen molar-refractivity contribution in [1.29, 1.82) is 0 Å². The molecule has 0 N–H and O–H groups in total. The van der Waals surface area contributed by atoms with Crippen molar-refractivity contribution in [3.8, 4) is 16.9 Å². The van der Waals surface area contributed by atoms with Crippen molar-refractivity contribution in [2.45, 2.75) is 20.0 Å². The van der Waals surface area contributed by atoms with Crippen molar-refractivity contribution in [2.24, 2.45) is 0 Å². The molecule has 0 heterocycles. The van der Waals surface area contributed by atoms with E-state index in [2.05, 4.69) is 6.58 Å². The van der Waals surface area contributed by atoms with Crippen molar-refractivity contribution in [3.63, 3.8) is 0 Å². The Kier molecular flexibility index (Phi) is 3.42. The van der Waals surface area contributed by atoms with E-state index in [4.69, 9.17) is 6.11 Å². The normalized spacial score (nSPS) is 11.2. The molecule has 2 rings (SSSR count). The highest BCUT2D eigenvalue weighted by molar-refractivity contribution is 5.76. The molecule has 0 aliphatic rings. The van der Waals surface area contributed by atoms with Crippen molar-refractivity contribution in [1.82, 2.24) is 0 Å². The predicted octanol–water partition coefficient (Wildman–Crippen LogP) is 4.78. The summed E-state index contributed by atoms with van der Waals surface area (Å²) in [7, 11) is 0. The number of rotatable bonds is 4. The molecule has 2 aromatic carbocycles. The Morgan fingerprint density at radius 2 is 1.83 bits per heavy atom. The number of para-hydroxylation sites is 1. The van der Waals surface area contributed by atoms with Gasteiger partial charge >= 0.3 is 0 Å². The van der Waals surface area contributed by atoms with Gasteiger partial charge in [0.1, 0.15) is 5.75 Å². The second-order valence-corrected chi connectivity index (χ2v) is 4.39. The van der Waals surface area contributed by atoms with E-state index < -0.39 is 0 Å². The van der Waals surface area contributed by atoms with Gasteiger partial charge in [-0.3, -0.25) is 0 Å². The van der Waals surface area contributed by atoms with Gasteiger partial charge in [-0.2, -0.15) is 0 Å². The first-order valence-electron chi connectivity index (χ1n) is 6.60. The molecule has 0 bridgehead atoms. The lowest BCUT2D eigenvalue weighted by Gasteiger charge is -2.17. The van der Waals surface area contributed by atoms with Gasteiger partial charge in [-0.15, -0.1) is 0 Å². The fourth-order valence-electron chi connectivity index (χ4n) is 1.88. The highest BCUT2D eigenvalue weighted by atomic mass is 16.5. The molecule has 0 aromatic heterocycles. The molecule has 2 aromatic rings. The minimum atomic E-state index is 0.0583. The third-order valence-corrected chi connectivity index (χ3v) is 2.64. The predicted molar refractivity (Wildman–Crippen MR) is 77.7 cm³/mol. The van der Waals surface area contributed by atoms with Gasteiger partial charge in [0.05, 0.1) is 7.47 Å². The number of hydrogen-bond donors (Lipinski definition) is 0. The molecule has 92 valence electrons. The first-order chi connectivity index (χ1) is 9.09. The van der Waals surface area contributed by atoms with Gasteiger partial charge < -0.3 is 4.74 Å². The van der Waals surface area contributed by atoms with E-state index in [9.17, 15) is 0 Å². The summed E-state index contributed by atoms with van der Waals surface area (Å²) in [6.07, 6.45) is 0.0583. The average molecular weight is 239 g/mol. The topological polar surface area (TPSA) is 9.23 Å². The summed E-state index contributed by atoms with van der Waals surface area (Å²) in [4.78, 5) is 0.